The first-order valence-electron chi connectivity index (χ1n) is 8.74. The van der Waals surface area contributed by atoms with Crippen molar-refractivity contribution in [2.75, 3.05) is 6.61 Å². The summed E-state index contributed by atoms with van der Waals surface area (Å²) in [6.07, 6.45) is -0.807. The Balaban J connectivity index is 2.07. The first-order valence-corrected chi connectivity index (χ1v) is 8.74. The predicted octanol–water partition coefficient (Wildman–Crippen LogP) is 3.55. The number of carboxylic acid groups (broad SMARTS) is 1. The number of benzene rings is 2. The number of carboxylic acids is 1. The van der Waals surface area contributed by atoms with Crippen LogP contribution < -0.4 is 4.74 Å². The van der Waals surface area contributed by atoms with Crippen LogP contribution >= 0.6 is 0 Å². The highest BCUT2D eigenvalue weighted by Gasteiger charge is 2.27. The zero-order valence-electron chi connectivity index (χ0n) is 15.2. The van der Waals surface area contributed by atoms with Gasteiger partial charge in [0.15, 0.2) is 6.10 Å². The standard InChI is InChI=1S/C21H21NO5/c1-3-12-27-15-10-8-14(9-11-15)20(24)22-13(2)18(19(23)21(25)26)16-6-4-5-7-17(16)22/h4-11,19,23H,3,12H2,1-2H3,(H,25,26). The quantitative estimate of drug-likeness (QED) is 0.696. The maximum absolute atomic E-state index is 13.1. The van der Waals surface area contributed by atoms with Crippen LogP contribution in [0.3, 0.4) is 0 Å². The van der Waals surface area contributed by atoms with Gasteiger partial charge in [0.25, 0.3) is 5.91 Å². The van der Waals surface area contributed by atoms with E-state index in [1.807, 2.05) is 6.92 Å². The molecule has 6 heteroatoms. The minimum Gasteiger partial charge on any atom is -0.494 e. The number of fused-ring (bicyclic) bond motifs is 1. The second-order valence-electron chi connectivity index (χ2n) is 6.27. The molecule has 3 rings (SSSR count). The summed E-state index contributed by atoms with van der Waals surface area (Å²) in [4.78, 5) is 24.4. The zero-order chi connectivity index (χ0) is 19.6. The van der Waals surface area contributed by atoms with Crippen molar-refractivity contribution in [3.8, 4) is 5.75 Å². The van der Waals surface area contributed by atoms with Crippen molar-refractivity contribution < 1.29 is 24.5 Å². The van der Waals surface area contributed by atoms with Gasteiger partial charge < -0.3 is 14.9 Å². The SMILES string of the molecule is CCCOc1ccc(C(=O)n2c(C)c(C(O)C(=O)O)c3ccccc32)cc1. The van der Waals surface area contributed by atoms with Gasteiger partial charge >= 0.3 is 5.97 Å². The molecule has 0 aliphatic carbocycles. The minimum atomic E-state index is -1.70. The molecule has 0 bridgehead atoms. The van der Waals surface area contributed by atoms with Gasteiger partial charge in [-0.3, -0.25) is 9.36 Å². The molecule has 0 aliphatic rings. The third-order valence-electron chi connectivity index (χ3n) is 4.44. The smallest absolute Gasteiger partial charge is 0.337 e. The first-order chi connectivity index (χ1) is 13.0. The van der Waals surface area contributed by atoms with Gasteiger partial charge in [0.2, 0.25) is 0 Å². The summed E-state index contributed by atoms with van der Waals surface area (Å²) in [6.45, 7) is 4.25. The van der Waals surface area contributed by atoms with Crippen molar-refractivity contribution in [3.05, 3.63) is 65.4 Å². The molecule has 0 spiro atoms. The molecule has 1 heterocycles. The van der Waals surface area contributed by atoms with E-state index in [4.69, 9.17) is 4.74 Å². The molecule has 0 fully saturated rings. The van der Waals surface area contributed by atoms with Crippen LogP contribution in [0.25, 0.3) is 10.9 Å². The van der Waals surface area contributed by atoms with E-state index in [1.165, 1.54) is 4.57 Å². The predicted molar refractivity (Wildman–Crippen MR) is 101 cm³/mol. The van der Waals surface area contributed by atoms with Crippen molar-refractivity contribution in [3.63, 3.8) is 0 Å². The van der Waals surface area contributed by atoms with E-state index >= 15 is 0 Å². The lowest BCUT2D eigenvalue weighted by Crippen LogP contribution is -2.16. The molecule has 0 radical (unpaired) electrons. The second-order valence-corrected chi connectivity index (χ2v) is 6.27. The van der Waals surface area contributed by atoms with E-state index in [1.54, 1.807) is 55.5 Å². The topological polar surface area (TPSA) is 88.8 Å². The van der Waals surface area contributed by atoms with Crippen molar-refractivity contribution >= 4 is 22.8 Å². The summed E-state index contributed by atoms with van der Waals surface area (Å²) in [6, 6.07) is 13.8. The van der Waals surface area contributed by atoms with Crippen molar-refractivity contribution in [1.82, 2.24) is 4.57 Å². The molecule has 1 atom stereocenters. The molecular formula is C21H21NO5. The number of aliphatic hydroxyl groups excluding tert-OH is 1. The van der Waals surface area contributed by atoms with Gasteiger partial charge in [0.1, 0.15) is 5.75 Å². The van der Waals surface area contributed by atoms with E-state index in [0.29, 0.717) is 34.5 Å². The molecule has 1 unspecified atom stereocenters. The Hall–Kier alpha value is -3.12. The highest BCUT2D eigenvalue weighted by atomic mass is 16.5. The first kappa shape index (κ1) is 18.7. The third-order valence-corrected chi connectivity index (χ3v) is 4.44. The maximum Gasteiger partial charge on any atom is 0.337 e. The normalized spacial score (nSPS) is 12.1. The van der Waals surface area contributed by atoms with Crippen LogP contribution in [0.15, 0.2) is 48.5 Å². The zero-order valence-corrected chi connectivity index (χ0v) is 15.2. The molecule has 0 saturated carbocycles. The Morgan fingerprint density at radius 3 is 2.41 bits per heavy atom. The van der Waals surface area contributed by atoms with E-state index in [-0.39, 0.29) is 11.5 Å². The number of hydrogen-bond acceptors (Lipinski definition) is 4. The van der Waals surface area contributed by atoms with Gasteiger partial charge in [-0.25, -0.2) is 4.79 Å². The minimum absolute atomic E-state index is 0.231. The lowest BCUT2D eigenvalue weighted by atomic mass is 10.1. The fourth-order valence-electron chi connectivity index (χ4n) is 3.17. The second kappa shape index (κ2) is 7.63. The summed E-state index contributed by atoms with van der Waals surface area (Å²) >= 11 is 0. The summed E-state index contributed by atoms with van der Waals surface area (Å²) in [5.41, 5.74) is 1.64. The highest BCUT2D eigenvalue weighted by molar-refractivity contribution is 6.05. The van der Waals surface area contributed by atoms with Crippen LogP contribution in [0.1, 0.15) is 41.1 Å². The number of aliphatic hydroxyl groups is 1. The van der Waals surface area contributed by atoms with Crippen LogP contribution in [0.4, 0.5) is 0 Å². The van der Waals surface area contributed by atoms with Crippen LogP contribution in [0.2, 0.25) is 0 Å². The van der Waals surface area contributed by atoms with Crippen LogP contribution in [0.5, 0.6) is 5.75 Å². The van der Waals surface area contributed by atoms with E-state index in [0.717, 1.165) is 6.42 Å². The summed E-state index contributed by atoms with van der Waals surface area (Å²) in [7, 11) is 0. The average molecular weight is 367 g/mol. The Bertz CT molecular complexity index is 988. The summed E-state index contributed by atoms with van der Waals surface area (Å²) < 4.78 is 6.98. The maximum atomic E-state index is 13.1. The van der Waals surface area contributed by atoms with Gasteiger partial charge in [-0.2, -0.15) is 0 Å². The van der Waals surface area contributed by atoms with Crippen molar-refractivity contribution in [2.45, 2.75) is 26.4 Å². The molecule has 3 aromatic rings. The van der Waals surface area contributed by atoms with E-state index in [2.05, 4.69) is 0 Å². The van der Waals surface area contributed by atoms with Gasteiger partial charge in [0, 0.05) is 22.2 Å². The van der Waals surface area contributed by atoms with E-state index in [9.17, 15) is 19.8 Å². The lowest BCUT2D eigenvalue weighted by Gasteiger charge is -2.10. The number of carbonyl (C=O) groups excluding carboxylic acids is 1. The molecule has 27 heavy (non-hydrogen) atoms. The molecule has 0 amide bonds. The molecule has 1 aromatic heterocycles. The molecular weight excluding hydrogens is 346 g/mol. The van der Waals surface area contributed by atoms with Gasteiger partial charge in [-0.1, -0.05) is 25.1 Å². The van der Waals surface area contributed by atoms with Crippen LogP contribution in [-0.2, 0) is 4.79 Å². The van der Waals surface area contributed by atoms with Gasteiger partial charge in [-0.15, -0.1) is 0 Å². The fraction of sp³-hybridized carbons (Fsp3) is 0.238. The van der Waals surface area contributed by atoms with Crippen LogP contribution in [-0.4, -0.2) is 33.3 Å². The number of ether oxygens (including phenoxy) is 1. The Morgan fingerprint density at radius 1 is 1.11 bits per heavy atom. The molecule has 6 nitrogen and oxygen atoms in total. The number of rotatable bonds is 6. The summed E-state index contributed by atoms with van der Waals surface area (Å²) in [5, 5.41) is 19.9. The van der Waals surface area contributed by atoms with Gasteiger partial charge in [0.05, 0.1) is 12.1 Å². The number of aromatic nitrogens is 1. The van der Waals surface area contributed by atoms with Crippen LogP contribution in [0, 0.1) is 6.92 Å². The van der Waals surface area contributed by atoms with Crippen molar-refractivity contribution in [2.24, 2.45) is 0 Å². The largest absolute Gasteiger partial charge is 0.494 e. The summed E-state index contributed by atoms with van der Waals surface area (Å²) in [5.74, 6) is -0.968. The number of nitrogens with zero attached hydrogens (tertiary/aromatic N) is 1. The number of para-hydroxylation sites is 1. The molecule has 140 valence electrons. The Morgan fingerprint density at radius 2 is 1.78 bits per heavy atom. The molecule has 2 aromatic carbocycles. The van der Waals surface area contributed by atoms with Gasteiger partial charge in [-0.05, 0) is 43.7 Å². The lowest BCUT2D eigenvalue weighted by molar-refractivity contribution is -0.146. The number of carbonyl (C=O) groups is 2. The molecule has 0 saturated heterocycles. The van der Waals surface area contributed by atoms with Crippen molar-refractivity contribution in [1.29, 1.82) is 0 Å². The highest BCUT2D eigenvalue weighted by Crippen LogP contribution is 2.31. The number of hydrogen-bond donors (Lipinski definition) is 2. The molecule has 0 aliphatic heterocycles. The Labute approximate surface area is 156 Å². The number of aliphatic carboxylic acids is 1. The Kier molecular flexibility index (Phi) is 5.28. The van der Waals surface area contributed by atoms with E-state index < -0.39 is 12.1 Å². The fourth-order valence-corrected chi connectivity index (χ4v) is 3.17. The molecule has 2 N–H and O–H groups in total. The monoisotopic (exact) mass is 367 g/mol. The average Bonchev–Trinajstić information content (AvgIpc) is 2.97. The third kappa shape index (κ3) is 3.44.